The van der Waals surface area contributed by atoms with Gasteiger partial charge in [-0.25, -0.2) is 0 Å². The summed E-state index contributed by atoms with van der Waals surface area (Å²) in [4.78, 5) is 11.2. The molecule has 7 heteroatoms. The highest BCUT2D eigenvalue weighted by atomic mass is 16.7. The lowest BCUT2D eigenvalue weighted by atomic mass is 9.96. The van der Waals surface area contributed by atoms with Crippen LogP contribution in [0.2, 0.25) is 0 Å². The van der Waals surface area contributed by atoms with Gasteiger partial charge in [-0.3, -0.25) is 4.79 Å². The highest BCUT2D eigenvalue weighted by Crippen LogP contribution is 2.33. The average Bonchev–Trinajstić information content (AvgIpc) is 2.52. The molecule has 2 aliphatic heterocycles. The SMILES string of the molecule is CC(=O)N[C@@H]1[C@H](O)[C@@H]2O[C@H](c3ccccc3)OC[C@@H]2O[C@H]1O. The first-order chi connectivity index (χ1) is 10.6. The van der Waals surface area contributed by atoms with Gasteiger partial charge in [-0.15, -0.1) is 0 Å². The van der Waals surface area contributed by atoms with Crippen molar-refractivity contribution in [1.82, 2.24) is 5.32 Å². The zero-order chi connectivity index (χ0) is 15.7. The molecular weight excluding hydrogens is 290 g/mol. The fraction of sp³-hybridized carbons (Fsp3) is 0.533. The van der Waals surface area contributed by atoms with Crippen LogP contribution in [0, 0.1) is 0 Å². The van der Waals surface area contributed by atoms with E-state index in [1.54, 1.807) is 0 Å². The van der Waals surface area contributed by atoms with Crippen LogP contribution in [0.1, 0.15) is 18.8 Å². The van der Waals surface area contributed by atoms with E-state index in [4.69, 9.17) is 14.2 Å². The summed E-state index contributed by atoms with van der Waals surface area (Å²) in [6, 6.07) is 8.41. The highest BCUT2D eigenvalue weighted by Gasteiger charge is 2.49. The van der Waals surface area contributed by atoms with Crippen molar-refractivity contribution >= 4 is 5.91 Å². The molecule has 6 atom stereocenters. The number of amides is 1. The zero-order valence-electron chi connectivity index (χ0n) is 12.1. The van der Waals surface area contributed by atoms with Gasteiger partial charge in [0.2, 0.25) is 5.91 Å². The van der Waals surface area contributed by atoms with Crippen molar-refractivity contribution in [2.24, 2.45) is 0 Å². The van der Waals surface area contributed by atoms with Gasteiger partial charge in [-0.05, 0) is 0 Å². The maximum Gasteiger partial charge on any atom is 0.217 e. The molecule has 0 spiro atoms. The minimum atomic E-state index is -1.30. The Morgan fingerprint density at radius 2 is 1.95 bits per heavy atom. The quantitative estimate of drug-likeness (QED) is 0.693. The van der Waals surface area contributed by atoms with Crippen LogP contribution in [0.25, 0.3) is 0 Å². The number of ether oxygens (including phenoxy) is 3. The number of hydrogen-bond donors (Lipinski definition) is 3. The van der Waals surface area contributed by atoms with Crippen molar-refractivity contribution in [3.05, 3.63) is 35.9 Å². The highest BCUT2D eigenvalue weighted by molar-refractivity contribution is 5.73. The lowest BCUT2D eigenvalue weighted by Gasteiger charge is -2.46. The third kappa shape index (κ3) is 2.99. The summed E-state index contributed by atoms with van der Waals surface area (Å²) in [6.45, 7) is 1.49. The normalized spacial score (nSPS) is 38.1. The second kappa shape index (κ2) is 6.31. The van der Waals surface area contributed by atoms with Gasteiger partial charge in [0.05, 0.1) is 6.61 Å². The molecule has 0 aliphatic carbocycles. The summed E-state index contributed by atoms with van der Waals surface area (Å²) in [5.74, 6) is -0.364. The molecule has 3 N–H and O–H groups in total. The summed E-state index contributed by atoms with van der Waals surface area (Å²) in [7, 11) is 0. The second-order valence-corrected chi connectivity index (χ2v) is 5.46. The molecule has 0 unspecified atom stereocenters. The minimum absolute atomic E-state index is 0.186. The fourth-order valence-corrected chi connectivity index (χ4v) is 2.78. The van der Waals surface area contributed by atoms with Crippen molar-refractivity contribution in [2.45, 2.75) is 43.9 Å². The maximum atomic E-state index is 11.2. The summed E-state index contributed by atoms with van der Waals surface area (Å²) in [6.07, 6.45) is -4.29. The predicted octanol–water partition coefficient (Wildman–Crippen LogP) is -0.317. The Labute approximate surface area is 127 Å². The number of carbonyl (C=O) groups is 1. The van der Waals surface area contributed by atoms with E-state index in [1.807, 2.05) is 30.3 Å². The van der Waals surface area contributed by atoms with Crippen molar-refractivity contribution in [3.63, 3.8) is 0 Å². The van der Waals surface area contributed by atoms with Crippen LogP contribution >= 0.6 is 0 Å². The summed E-state index contributed by atoms with van der Waals surface area (Å²) in [5.41, 5.74) is 0.829. The maximum absolute atomic E-state index is 11.2. The van der Waals surface area contributed by atoms with Gasteiger partial charge < -0.3 is 29.7 Å². The Hall–Kier alpha value is -1.51. The van der Waals surface area contributed by atoms with Crippen molar-refractivity contribution in [3.8, 4) is 0 Å². The van der Waals surface area contributed by atoms with E-state index in [9.17, 15) is 15.0 Å². The number of aliphatic hydroxyl groups is 2. The minimum Gasteiger partial charge on any atom is -0.388 e. The molecule has 1 aromatic carbocycles. The number of hydrogen-bond acceptors (Lipinski definition) is 6. The first-order valence-electron chi connectivity index (χ1n) is 7.17. The van der Waals surface area contributed by atoms with E-state index >= 15 is 0 Å². The molecule has 0 saturated carbocycles. The lowest BCUT2D eigenvalue weighted by molar-refractivity contribution is -0.337. The molecule has 120 valence electrons. The molecular formula is C15H19NO6. The first kappa shape index (κ1) is 15.4. The van der Waals surface area contributed by atoms with E-state index < -0.39 is 36.9 Å². The Morgan fingerprint density at radius 3 is 2.64 bits per heavy atom. The molecule has 2 fully saturated rings. The number of nitrogens with one attached hydrogen (secondary N) is 1. The zero-order valence-corrected chi connectivity index (χ0v) is 12.1. The van der Waals surface area contributed by atoms with Crippen LogP contribution in [-0.2, 0) is 19.0 Å². The molecule has 0 aromatic heterocycles. The smallest absolute Gasteiger partial charge is 0.217 e. The molecule has 2 heterocycles. The van der Waals surface area contributed by atoms with E-state index in [1.165, 1.54) is 6.92 Å². The van der Waals surface area contributed by atoms with E-state index in [0.717, 1.165) is 5.56 Å². The summed E-state index contributed by atoms with van der Waals surface area (Å²) < 4.78 is 16.8. The van der Waals surface area contributed by atoms with Gasteiger partial charge in [0.1, 0.15) is 24.4 Å². The van der Waals surface area contributed by atoms with Crippen molar-refractivity contribution in [2.75, 3.05) is 6.61 Å². The van der Waals surface area contributed by atoms with Crippen LogP contribution in [0.5, 0.6) is 0 Å². The van der Waals surface area contributed by atoms with Gasteiger partial charge in [0.25, 0.3) is 0 Å². The number of fused-ring (bicyclic) bond motifs is 1. The van der Waals surface area contributed by atoms with Crippen LogP contribution in [0.15, 0.2) is 30.3 Å². The third-order valence-corrected chi connectivity index (χ3v) is 3.83. The Balaban J connectivity index is 1.75. The molecule has 1 aromatic rings. The number of rotatable bonds is 2. The Bertz CT molecular complexity index is 524. The Morgan fingerprint density at radius 1 is 1.23 bits per heavy atom. The number of benzene rings is 1. The van der Waals surface area contributed by atoms with Gasteiger partial charge in [-0.1, -0.05) is 30.3 Å². The van der Waals surface area contributed by atoms with Crippen LogP contribution in [0.3, 0.4) is 0 Å². The largest absolute Gasteiger partial charge is 0.388 e. The summed E-state index contributed by atoms with van der Waals surface area (Å²) in [5, 5.41) is 22.8. The van der Waals surface area contributed by atoms with Gasteiger partial charge >= 0.3 is 0 Å². The fourth-order valence-electron chi connectivity index (χ4n) is 2.78. The molecule has 2 aliphatic rings. The van der Waals surface area contributed by atoms with Gasteiger partial charge in [0, 0.05) is 12.5 Å². The van der Waals surface area contributed by atoms with Crippen molar-refractivity contribution in [1.29, 1.82) is 0 Å². The van der Waals surface area contributed by atoms with E-state index in [-0.39, 0.29) is 12.5 Å². The predicted molar refractivity (Wildman–Crippen MR) is 74.5 cm³/mol. The average molecular weight is 309 g/mol. The molecule has 1 amide bonds. The monoisotopic (exact) mass is 309 g/mol. The van der Waals surface area contributed by atoms with Crippen molar-refractivity contribution < 1.29 is 29.2 Å². The molecule has 0 bridgehead atoms. The molecule has 0 radical (unpaired) electrons. The number of aliphatic hydroxyl groups excluding tert-OH is 2. The molecule has 3 rings (SSSR count). The van der Waals surface area contributed by atoms with E-state index in [0.29, 0.717) is 0 Å². The topological polar surface area (TPSA) is 97.3 Å². The molecule has 7 nitrogen and oxygen atoms in total. The van der Waals surface area contributed by atoms with Gasteiger partial charge in [0.15, 0.2) is 12.6 Å². The lowest BCUT2D eigenvalue weighted by Crippen LogP contribution is -2.66. The first-order valence-corrected chi connectivity index (χ1v) is 7.17. The standard InChI is InChI=1S/C15H19NO6/c1-8(17)16-11-12(18)13-10(21-14(11)19)7-20-15(22-13)9-5-3-2-4-6-9/h2-6,10-15,18-19H,7H2,1H3,(H,16,17)/t10-,11+,12-,13+,14+,15+/m0/s1. The van der Waals surface area contributed by atoms with E-state index in [2.05, 4.69) is 5.32 Å². The third-order valence-electron chi connectivity index (χ3n) is 3.83. The Kier molecular flexibility index (Phi) is 4.42. The van der Waals surface area contributed by atoms with Crippen LogP contribution in [0.4, 0.5) is 0 Å². The van der Waals surface area contributed by atoms with Gasteiger partial charge in [-0.2, -0.15) is 0 Å². The van der Waals surface area contributed by atoms with Crippen LogP contribution in [-0.4, -0.2) is 53.4 Å². The molecule has 2 saturated heterocycles. The molecule has 22 heavy (non-hydrogen) atoms. The summed E-state index contributed by atoms with van der Waals surface area (Å²) >= 11 is 0. The number of carbonyl (C=O) groups excluding carboxylic acids is 1. The van der Waals surface area contributed by atoms with Crippen LogP contribution < -0.4 is 5.32 Å². The second-order valence-electron chi connectivity index (χ2n) is 5.46.